The van der Waals surface area contributed by atoms with Gasteiger partial charge in [0.1, 0.15) is 0 Å². The second-order valence-corrected chi connectivity index (χ2v) is 9.92. The first-order valence-corrected chi connectivity index (χ1v) is 12.8. The molecule has 0 amide bonds. The Morgan fingerprint density at radius 1 is 0.857 bits per heavy atom. The van der Waals surface area contributed by atoms with Crippen LogP contribution in [0.3, 0.4) is 0 Å². The van der Waals surface area contributed by atoms with Crippen molar-refractivity contribution in [2.75, 3.05) is 13.2 Å². The molecule has 1 atom stereocenters. The van der Waals surface area contributed by atoms with Crippen LogP contribution < -0.4 is 4.74 Å². The average Bonchev–Trinajstić information content (AvgIpc) is 2.88. The van der Waals surface area contributed by atoms with E-state index in [0.717, 1.165) is 44.1 Å². The van der Waals surface area contributed by atoms with Gasteiger partial charge in [-0.05, 0) is 105 Å². The van der Waals surface area contributed by atoms with Gasteiger partial charge in [-0.1, -0.05) is 24.3 Å². The van der Waals surface area contributed by atoms with Crippen LogP contribution in [0.25, 0.3) is 5.57 Å². The molecule has 2 aromatic rings. The van der Waals surface area contributed by atoms with E-state index in [9.17, 15) is 22.7 Å². The molecule has 4 rings (SSSR count). The highest BCUT2D eigenvalue weighted by Gasteiger charge is 2.27. The van der Waals surface area contributed by atoms with E-state index in [-0.39, 0.29) is 30.8 Å². The van der Waals surface area contributed by atoms with E-state index in [4.69, 9.17) is 4.74 Å². The molecule has 0 radical (unpaired) electrons. The zero-order chi connectivity index (χ0) is 24.9. The largest absolute Gasteiger partial charge is 0.491 e. The monoisotopic (exact) mass is 490 g/mol. The fourth-order valence-corrected chi connectivity index (χ4v) is 5.58. The van der Waals surface area contributed by atoms with E-state index >= 15 is 0 Å². The molecular formula is C29H34F4O2. The Hall–Kier alpha value is -2.34. The summed E-state index contributed by atoms with van der Waals surface area (Å²) in [5, 5.41) is 9.27. The van der Waals surface area contributed by atoms with Crippen LogP contribution in [0.15, 0.2) is 30.3 Å². The molecule has 1 saturated carbocycles. The first-order chi connectivity index (χ1) is 16.9. The lowest BCUT2D eigenvalue weighted by molar-refractivity contribution is 0.218. The highest BCUT2D eigenvalue weighted by molar-refractivity contribution is 5.67. The molecule has 0 saturated heterocycles. The molecular weight excluding hydrogens is 456 g/mol. The highest BCUT2D eigenvalue weighted by Crippen LogP contribution is 2.40. The Morgan fingerprint density at radius 2 is 1.63 bits per heavy atom. The average molecular weight is 491 g/mol. The molecule has 0 heterocycles. The minimum atomic E-state index is -0.926. The minimum absolute atomic E-state index is 0.0425. The van der Waals surface area contributed by atoms with Crippen LogP contribution in [0.1, 0.15) is 80.9 Å². The van der Waals surface area contributed by atoms with Crippen molar-refractivity contribution in [2.45, 2.75) is 70.6 Å². The molecule has 1 N–H and O–H groups in total. The van der Waals surface area contributed by atoms with E-state index in [1.165, 1.54) is 6.07 Å². The van der Waals surface area contributed by atoms with Gasteiger partial charge in [-0.15, -0.1) is 0 Å². The van der Waals surface area contributed by atoms with E-state index in [1.54, 1.807) is 25.1 Å². The van der Waals surface area contributed by atoms with E-state index in [0.29, 0.717) is 41.9 Å². The number of ether oxygens (including phenoxy) is 1. The summed E-state index contributed by atoms with van der Waals surface area (Å²) in [4.78, 5) is 0. The summed E-state index contributed by atoms with van der Waals surface area (Å²) in [6, 6.07) is 6.49. The summed E-state index contributed by atoms with van der Waals surface area (Å²) in [6.45, 7) is 2.12. The van der Waals surface area contributed by atoms with Crippen molar-refractivity contribution in [1.29, 1.82) is 0 Å². The maximum absolute atomic E-state index is 14.8. The first kappa shape index (κ1) is 25.7. The third-order valence-corrected chi connectivity index (χ3v) is 7.77. The normalized spacial score (nSPS) is 22.7. The van der Waals surface area contributed by atoms with Crippen molar-refractivity contribution in [3.8, 4) is 5.75 Å². The molecule has 2 nitrogen and oxygen atoms in total. The first-order valence-electron chi connectivity index (χ1n) is 12.8. The van der Waals surface area contributed by atoms with E-state index in [2.05, 4.69) is 0 Å². The Labute approximate surface area is 205 Å². The van der Waals surface area contributed by atoms with Gasteiger partial charge in [-0.25, -0.2) is 13.2 Å². The molecule has 35 heavy (non-hydrogen) atoms. The van der Waals surface area contributed by atoms with Crippen LogP contribution in [0, 0.1) is 35.1 Å². The minimum Gasteiger partial charge on any atom is -0.491 e. The Morgan fingerprint density at radius 3 is 2.29 bits per heavy atom. The van der Waals surface area contributed by atoms with Crippen LogP contribution in [0.5, 0.6) is 5.75 Å². The number of aliphatic hydroxyl groups excluding tert-OH is 1. The summed E-state index contributed by atoms with van der Waals surface area (Å²) in [6.07, 6.45) is 8.40. The number of hydrogen-bond donors (Lipinski definition) is 1. The molecule has 0 spiro atoms. The van der Waals surface area contributed by atoms with E-state index in [1.807, 2.05) is 6.08 Å². The topological polar surface area (TPSA) is 29.5 Å². The van der Waals surface area contributed by atoms with Gasteiger partial charge in [-0.2, -0.15) is 4.39 Å². The lowest BCUT2D eigenvalue weighted by atomic mass is 9.76. The standard InChI is InChI=1S/C29H34F4O2/c1-2-35-25-16-15-24(28(32)29(25)33)20-8-3-18(4-9-20)5-12-22-13-14-23(27(31)26(22)30)21-10-6-19(17-34)7-11-21/h10,13-16,18-20,34H,2-9,11-12,17H2,1H3. The molecule has 1 unspecified atom stereocenters. The Bertz CT molecular complexity index is 1060. The van der Waals surface area contributed by atoms with Gasteiger partial charge in [0.25, 0.3) is 0 Å². The number of aliphatic hydroxyl groups is 1. The Kier molecular flexibility index (Phi) is 8.53. The molecule has 1 fully saturated rings. The van der Waals surface area contributed by atoms with Crippen molar-refractivity contribution in [2.24, 2.45) is 11.8 Å². The smallest absolute Gasteiger partial charge is 0.200 e. The zero-order valence-corrected chi connectivity index (χ0v) is 20.3. The number of benzene rings is 2. The molecule has 0 aromatic heterocycles. The van der Waals surface area contributed by atoms with Gasteiger partial charge in [0.05, 0.1) is 6.61 Å². The number of rotatable bonds is 8. The van der Waals surface area contributed by atoms with Gasteiger partial charge in [0, 0.05) is 12.2 Å². The predicted octanol–water partition coefficient (Wildman–Crippen LogP) is 7.72. The summed E-state index contributed by atoms with van der Waals surface area (Å²) < 4.78 is 63.6. The van der Waals surface area contributed by atoms with Gasteiger partial charge in [0.2, 0.25) is 5.82 Å². The maximum Gasteiger partial charge on any atom is 0.200 e. The van der Waals surface area contributed by atoms with Gasteiger partial charge in [-0.3, -0.25) is 0 Å². The third-order valence-electron chi connectivity index (χ3n) is 7.77. The zero-order valence-electron chi connectivity index (χ0n) is 20.3. The van der Waals surface area contributed by atoms with Crippen LogP contribution in [0.2, 0.25) is 0 Å². The van der Waals surface area contributed by atoms with Crippen LogP contribution in [-0.4, -0.2) is 18.3 Å². The van der Waals surface area contributed by atoms with Crippen molar-refractivity contribution in [3.05, 3.63) is 70.3 Å². The van der Waals surface area contributed by atoms with Gasteiger partial charge in [0.15, 0.2) is 23.2 Å². The predicted molar refractivity (Wildman–Crippen MR) is 129 cm³/mol. The van der Waals surface area contributed by atoms with Crippen LogP contribution in [0.4, 0.5) is 17.6 Å². The Balaban J connectivity index is 1.33. The SMILES string of the molecule is CCOc1ccc(C2CCC(CCc3ccc(C4=CCC(CO)CC4)c(F)c3F)CC2)c(F)c1F. The molecule has 2 aromatic carbocycles. The second kappa shape index (κ2) is 11.6. The molecule has 2 aliphatic carbocycles. The molecule has 190 valence electrons. The summed E-state index contributed by atoms with van der Waals surface area (Å²) in [5.74, 6) is -2.86. The number of allylic oxidation sites excluding steroid dienone is 2. The van der Waals surface area contributed by atoms with Crippen molar-refractivity contribution in [1.82, 2.24) is 0 Å². The lowest BCUT2D eigenvalue weighted by Crippen LogP contribution is -2.16. The molecule has 0 aliphatic heterocycles. The third kappa shape index (κ3) is 5.74. The van der Waals surface area contributed by atoms with Gasteiger partial charge < -0.3 is 9.84 Å². The quantitative estimate of drug-likeness (QED) is 0.384. The molecule has 0 bridgehead atoms. The highest BCUT2D eigenvalue weighted by atomic mass is 19.2. The van der Waals surface area contributed by atoms with Gasteiger partial charge >= 0.3 is 0 Å². The number of hydrogen-bond acceptors (Lipinski definition) is 2. The fraction of sp³-hybridized carbons (Fsp3) is 0.517. The maximum atomic E-state index is 14.8. The van der Waals surface area contributed by atoms with Crippen LogP contribution in [-0.2, 0) is 6.42 Å². The number of aryl methyl sites for hydroxylation is 1. The van der Waals surface area contributed by atoms with Crippen molar-refractivity contribution < 1.29 is 27.4 Å². The fourth-order valence-electron chi connectivity index (χ4n) is 5.58. The summed E-state index contributed by atoms with van der Waals surface area (Å²) >= 11 is 0. The second-order valence-electron chi connectivity index (χ2n) is 9.92. The summed E-state index contributed by atoms with van der Waals surface area (Å²) in [7, 11) is 0. The molecule has 6 heteroatoms. The van der Waals surface area contributed by atoms with Crippen LogP contribution >= 0.6 is 0 Å². The molecule has 2 aliphatic rings. The van der Waals surface area contributed by atoms with Crippen molar-refractivity contribution in [3.63, 3.8) is 0 Å². The summed E-state index contributed by atoms with van der Waals surface area (Å²) in [5.41, 5.74) is 1.93. The van der Waals surface area contributed by atoms with Crippen molar-refractivity contribution >= 4 is 5.57 Å². The lowest BCUT2D eigenvalue weighted by Gasteiger charge is -2.29. The number of halogens is 4. The van der Waals surface area contributed by atoms with E-state index < -0.39 is 23.3 Å².